The number of carbonyl (C=O) groups is 1. The van der Waals surface area contributed by atoms with Gasteiger partial charge in [0.1, 0.15) is 18.5 Å². The van der Waals surface area contributed by atoms with Gasteiger partial charge in [-0.15, -0.1) is 0 Å². The zero-order valence-electron chi connectivity index (χ0n) is 14.9. The summed E-state index contributed by atoms with van der Waals surface area (Å²) in [7, 11) is 0. The third-order valence-electron chi connectivity index (χ3n) is 4.63. The van der Waals surface area contributed by atoms with Crippen molar-refractivity contribution in [3.63, 3.8) is 0 Å². The van der Waals surface area contributed by atoms with Crippen LogP contribution in [0.3, 0.4) is 0 Å². The van der Waals surface area contributed by atoms with Gasteiger partial charge >= 0.3 is 0 Å². The molecule has 27 heavy (non-hydrogen) atoms. The third kappa shape index (κ3) is 4.04. The Bertz CT molecular complexity index is 903. The first kappa shape index (κ1) is 17.4. The summed E-state index contributed by atoms with van der Waals surface area (Å²) in [5.74, 6) is 0.755. The van der Waals surface area contributed by atoms with Crippen molar-refractivity contribution in [2.24, 2.45) is 0 Å². The lowest BCUT2D eigenvalue weighted by atomic mass is 9.97. The van der Waals surface area contributed by atoms with E-state index in [0.717, 1.165) is 17.7 Å². The molecule has 2 aromatic carbocycles. The molecule has 1 aliphatic rings. The van der Waals surface area contributed by atoms with Gasteiger partial charge in [-0.2, -0.15) is 0 Å². The molecule has 1 amide bonds. The number of hydrogen-bond acceptors (Lipinski definition) is 4. The molecule has 1 aromatic heterocycles. The number of para-hydroxylation sites is 1. The lowest BCUT2D eigenvalue weighted by Gasteiger charge is -2.26. The van der Waals surface area contributed by atoms with Crippen LogP contribution in [0.4, 0.5) is 0 Å². The minimum Gasteiger partial charge on any atom is -0.489 e. The molecule has 2 heterocycles. The van der Waals surface area contributed by atoms with E-state index in [9.17, 15) is 4.79 Å². The second-order valence-electron chi connectivity index (χ2n) is 6.39. The van der Waals surface area contributed by atoms with Gasteiger partial charge in [0.15, 0.2) is 5.76 Å². The predicted molar refractivity (Wildman–Crippen MR) is 101 cm³/mol. The lowest BCUT2D eigenvalue weighted by Crippen LogP contribution is -2.32. The molecule has 138 valence electrons. The van der Waals surface area contributed by atoms with E-state index >= 15 is 0 Å². The topological polar surface area (TPSA) is 60.7 Å². The van der Waals surface area contributed by atoms with Crippen molar-refractivity contribution in [1.82, 2.24) is 5.32 Å². The fraction of sp³-hybridized carbons (Fsp3) is 0.227. The first-order chi connectivity index (χ1) is 13.3. The van der Waals surface area contributed by atoms with Gasteiger partial charge in [0.25, 0.3) is 5.91 Å². The highest BCUT2D eigenvalue weighted by atomic mass is 16.5. The van der Waals surface area contributed by atoms with Crippen LogP contribution in [0.15, 0.2) is 71.3 Å². The minimum absolute atomic E-state index is 0.141. The van der Waals surface area contributed by atoms with Crippen LogP contribution in [0.2, 0.25) is 0 Å². The molecule has 5 nitrogen and oxygen atoms in total. The molecule has 4 rings (SSSR count). The minimum atomic E-state index is -0.265. The Balaban J connectivity index is 1.38. The molecular formula is C22H21NO4. The Morgan fingerprint density at radius 3 is 2.78 bits per heavy atom. The smallest absolute Gasteiger partial charge is 0.287 e. The highest BCUT2D eigenvalue weighted by Gasteiger charge is 2.22. The molecule has 1 aliphatic heterocycles. The lowest BCUT2D eigenvalue weighted by molar-refractivity contribution is 0.0407. The highest BCUT2D eigenvalue weighted by Crippen LogP contribution is 2.26. The van der Waals surface area contributed by atoms with Crippen LogP contribution in [-0.2, 0) is 17.8 Å². The average molecular weight is 363 g/mol. The van der Waals surface area contributed by atoms with E-state index in [-0.39, 0.29) is 24.4 Å². The van der Waals surface area contributed by atoms with Gasteiger partial charge < -0.3 is 19.2 Å². The van der Waals surface area contributed by atoms with E-state index in [0.29, 0.717) is 18.7 Å². The van der Waals surface area contributed by atoms with Crippen molar-refractivity contribution in [3.8, 4) is 5.75 Å². The summed E-state index contributed by atoms with van der Waals surface area (Å²) in [5, 5.41) is 2.92. The van der Waals surface area contributed by atoms with Crippen molar-refractivity contribution < 1.29 is 18.7 Å². The Hall–Kier alpha value is -3.05. The Kier molecular flexibility index (Phi) is 5.21. The van der Waals surface area contributed by atoms with Crippen LogP contribution in [0.1, 0.15) is 33.3 Å². The molecule has 0 radical (unpaired) electrons. The molecule has 1 N–H and O–H groups in total. The zero-order chi connectivity index (χ0) is 18.5. The molecule has 0 saturated heterocycles. The summed E-state index contributed by atoms with van der Waals surface area (Å²) in [6.45, 7) is 1.33. The van der Waals surface area contributed by atoms with Crippen molar-refractivity contribution in [1.29, 1.82) is 0 Å². The number of hydrogen-bond donors (Lipinski definition) is 1. The summed E-state index contributed by atoms with van der Waals surface area (Å²) in [5.41, 5.74) is 3.12. The molecule has 1 atom stereocenters. The van der Waals surface area contributed by atoms with Gasteiger partial charge in [0.2, 0.25) is 0 Å². The zero-order valence-corrected chi connectivity index (χ0v) is 14.9. The quantitative estimate of drug-likeness (QED) is 0.721. The van der Waals surface area contributed by atoms with Crippen LogP contribution in [0.25, 0.3) is 0 Å². The highest BCUT2D eigenvalue weighted by molar-refractivity contribution is 5.92. The van der Waals surface area contributed by atoms with Crippen LogP contribution >= 0.6 is 0 Å². The van der Waals surface area contributed by atoms with E-state index in [2.05, 4.69) is 17.4 Å². The molecule has 0 spiro atoms. The summed E-state index contributed by atoms with van der Waals surface area (Å²) in [4.78, 5) is 12.6. The second kappa shape index (κ2) is 8.10. The van der Waals surface area contributed by atoms with Crippen molar-refractivity contribution >= 4 is 5.91 Å². The van der Waals surface area contributed by atoms with Gasteiger partial charge in [-0.05, 0) is 35.7 Å². The van der Waals surface area contributed by atoms with Crippen LogP contribution in [0, 0.1) is 0 Å². The number of carbonyl (C=O) groups excluding carboxylic acids is 1. The number of benzene rings is 2. The molecule has 0 saturated carbocycles. The summed E-state index contributed by atoms with van der Waals surface area (Å²) < 4.78 is 16.9. The Morgan fingerprint density at radius 2 is 1.89 bits per heavy atom. The van der Waals surface area contributed by atoms with Gasteiger partial charge in [-0.3, -0.25) is 4.79 Å². The van der Waals surface area contributed by atoms with Gasteiger partial charge in [0.05, 0.1) is 12.9 Å². The fourth-order valence-corrected chi connectivity index (χ4v) is 3.24. The maximum absolute atomic E-state index is 12.6. The maximum atomic E-state index is 12.6. The number of rotatable bonds is 6. The summed E-state index contributed by atoms with van der Waals surface area (Å²) in [6, 6.07) is 19.4. The van der Waals surface area contributed by atoms with Crippen LogP contribution in [-0.4, -0.2) is 19.1 Å². The first-order valence-corrected chi connectivity index (χ1v) is 9.03. The van der Waals surface area contributed by atoms with E-state index in [1.807, 2.05) is 42.5 Å². The van der Waals surface area contributed by atoms with Crippen LogP contribution < -0.4 is 10.1 Å². The Labute approximate surface area is 157 Å². The number of ether oxygens (including phenoxy) is 2. The van der Waals surface area contributed by atoms with Crippen molar-refractivity contribution in [3.05, 3.63) is 89.4 Å². The number of nitrogens with one attached hydrogen (secondary N) is 1. The van der Waals surface area contributed by atoms with Gasteiger partial charge in [0, 0.05) is 12.1 Å². The number of furan rings is 1. The number of amides is 1. The average Bonchev–Trinajstić information content (AvgIpc) is 3.20. The van der Waals surface area contributed by atoms with E-state index in [4.69, 9.17) is 13.9 Å². The largest absolute Gasteiger partial charge is 0.489 e. The molecule has 5 heteroatoms. The van der Waals surface area contributed by atoms with Gasteiger partial charge in [-0.1, -0.05) is 42.5 Å². The number of fused-ring (bicyclic) bond motifs is 1. The maximum Gasteiger partial charge on any atom is 0.287 e. The molecule has 1 unspecified atom stereocenters. The van der Waals surface area contributed by atoms with Crippen molar-refractivity contribution in [2.45, 2.75) is 19.1 Å². The molecule has 0 bridgehead atoms. The van der Waals surface area contributed by atoms with E-state index in [1.54, 1.807) is 6.07 Å². The molecule has 3 aromatic rings. The fourth-order valence-electron chi connectivity index (χ4n) is 3.24. The summed E-state index contributed by atoms with van der Waals surface area (Å²) in [6.07, 6.45) is 2.27. The van der Waals surface area contributed by atoms with Crippen LogP contribution in [0.5, 0.6) is 5.75 Å². The molecular weight excluding hydrogens is 342 g/mol. The van der Waals surface area contributed by atoms with E-state index < -0.39 is 0 Å². The monoisotopic (exact) mass is 363 g/mol. The van der Waals surface area contributed by atoms with Gasteiger partial charge in [-0.25, -0.2) is 0 Å². The van der Waals surface area contributed by atoms with Crippen molar-refractivity contribution in [2.75, 3.05) is 13.2 Å². The Morgan fingerprint density at radius 1 is 1.07 bits per heavy atom. The second-order valence-corrected chi connectivity index (χ2v) is 6.39. The predicted octanol–water partition coefficient (Wildman–Crippen LogP) is 3.90. The normalized spacial score (nSPS) is 15.8. The van der Waals surface area contributed by atoms with E-state index in [1.165, 1.54) is 11.8 Å². The summed E-state index contributed by atoms with van der Waals surface area (Å²) >= 11 is 0. The SMILES string of the molecule is O=C(NCC1OCCc2ccccc21)c1occc1COc1ccccc1. The molecule has 0 fully saturated rings. The third-order valence-corrected chi connectivity index (χ3v) is 4.63. The standard InChI is InChI=1S/C22H21NO4/c24-22(23-14-20-19-9-5-4-6-16(19)10-12-25-20)21-17(11-13-26-21)15-27-18-7-2-1-3-8-18/h1-9,11,13,20H,10,12,14-15H2,(H,23,24). The molecule has 0 aliphatic carbocycles. The first-order valence-electron chi connectivity index (χ1n) is 9.03.